The molecule has 0 aromatic carbocycles. The Hall–Kier alpha value is -0.870. The van der Waals surface area contributed by atoms with E-state index in [1.165, 1.54) is 0 Å². The second kappa shape index (κ2) is 5.46. The van der Waals surface area contributed by atoms with E-state index in [-0.39, 0.29) is 6.10 Å². The van der Waals surface area contributed by atoms with Crippen LogP contribution in [-0.2, 0) is 13.0 Å². The van der Waals surface area contributed by atoms with Gasteiger partial charge in [0, 0.05) is 25.4 Å². The van der Waals surface area contributed by atoms with Crippen LogP contribution in [0.2, 0.25) is 0 Å². The zero-order valence-electron chi connectivity index (χ0n) is 9.89. The first-order valence-electron chi connectivity index (χ1n) is 6.20. The van der Waals surface area contributed by atoms with E-state index in [1.54, 1.807) is 0 Å². The molecule has 1 atom stereocenters. The first kappa shape index (κ1) is 11.6. The average Bonchev–Trinajstić information content (AvgIpc) is 2.77. The molecule has 2 rings (SSSR count). The fourth-order valence-electron chi connectivity index (χ4n) is 2.40. The number of rotatable bonds is 4. The first-order valence-corrected chi connectivity index (χ1v) is 6.20. The van der Waals surface area contributed by atoms with Gasteiger partial charge in [-0.1, -0.05) is 0 Å². The van der Waals surface area contributed by atoms with Crippen LogP contribution in [0.3, 0.4) is 0 Å². The molecule has 0 amide bonds. The Morgan fingerprint density at radius 2 is 2.31 bits per heavy atom. The highest BCUT2D eigenvalue weighted by atomic mass is 16.3. The molecule has 1 aliphatic heterocycles. The van der Waals surface area contributed by atoms with Crippen molar-refractivity contribution in [3.8, 4) is 0 Å². The number of aliphatic hydroxyl groups is 1. The Balaban J connectivity index is 1.93. The Bertz CT molecular complexity index is 318. The Morgan fingerprint density at radius 3 is 3.00 bits per heavy atom. The predicted octanol–water partition coefficient (Wildman–Crippen LogP) is 0.806. The van der Waals surface area contributed by atoms with Crippen molar-refractivity contribution in [3.05, 3.63) is 18.2 Å². The number of hydrogen-bond acceptors (Lipinski definition) is 3. The van der Waals surface area contributed by atoms with E-state index in [0.717, 1.165) is 38.3 Å². The summed E-state index contributed by atoms with van der Waals surface area (Å²) < 4.78 is 2.10. The van der Waals surface area contributed by atoms with Crippen molar-refractivity contribution in [2.45, 2.75) is 38.8 Å². The maximum absolute atomic E-state index is 10.2. The zero-order chi connectivity index (χ0) is 11.4. The zero-order valence-corrected chi connectivity index (χ0v) is 9.89. The number of imidazole rings is 1. The van der Waals surface area contributed by atoms with Gasteiger partial charge in [-0.15, -0.1) is 0 Å². The molecule has 0 radical (unpaired) electrons. The standard InChI is InChI=1S/C12H21N3O/c1-2-15-8-7-14-12(15)9-11(16)10-3-5-13-6-4-10/h7-8,10-11,13,16H,2-6,9H2,1H3. The van der Waals surface area contributed by atoms with Crippen LogP contribution < -0.4 is 5.32 Å². The summed E-state index contributed by atoms with van der Waals surface area (Å²) in [5, 5.41) is 13.5. The molecule has 1 aromatic rings. The lowest BCUT2D eigenvalue weighted by molar-refractivity contribution is 0.0865. The molecule has 90 valence electrons. The van der Waals surface area contributed by atoms with Crippen LogP contribution in [0.5, 0.6) is 0 Å². The Morgan fingerprint density at radius 1 is 1.56 bits per heavy atom. The number of hydrogen-bond donors (Lipinski definition) is 2. The smallest absolute Gasteiger partial charge is 0.111 e. The molecule has 0 spiro atoms. The quantitative estimate of drug-likeness (QED) is 0.794. The third-order valence-corrected chi connectivity index (χ3v) is 3.46. The molecule has 0 aliphatic carbocycles. The summed E-state index contributed by atoms with van der Waals surface area (Å²) in [4.78, 5) is 4.31. The van der Waals surface area contributed by atoms with Crippen LogP contribution in [0.1, 0.15) is 25.6 Å². The van der Waals surface area contributed by atoms with E-state index in [9.17, 15) is 5.11 Å². The highest BCUT2D eigenvalue weighted by Gasteiger charge is 2.22. The van der Waals surface area contributed by atoms with Crippen molar-refractivity contribution in [3.63, 3.8) is 0 Å². The molecular weight excluding hydrogens is 202 g/mol. The lowest BCUT2D eigenvalue weighted by Gasteiger charge is -2.27. The molecule has 4 nitrogen and oxygen atoms in total. The van der Waals surface area contributed by atoms with E-state index < -0.39 is 0 Å². The van der Waals surface area contributed by atoms with E-state index in [0.29, 0.717) is 12.3 Å². The van der Waals surface area contributed by atoms with E-state index in [4.69, 9.17) is 0 Å². The largest absolute Gasteiger partial charge is 0.392 e. The number of nitrogens with one attached hydrogen (secondary N) is 1. The normalized spacial score (nSPS) is 19.9. The van der Waals surface area contributed by atoms with E-state index in [1.807, 2.05) is 12.4 Å². The third-order valence-electron chi connectivity index (χ3n) is 3.46. The Labute approximate surface area is 96.7 Å². The van der Waals surface area contributed by atoms with Crippen LogP contribution in [0.25, 0.3) is 0 Å². The topological polar surface area (TPSA) is 50.1 Å². The van der Waals surface area contributed by atoms with Crippen LogP contribution >= 0.6 is 0 Å². The highest BCUT2D eigenvalue weighted by Crippen LogP contribution is 2.19. The molecule has 1 aliphatic rings. The fourth-order valence-corrected chi connectivity index (χ4v) is 2.40. The van der Waals surface area contributed by atoms with Gasteiger partial charge < -0.3 is 15.0 Å². The van der Waals surface area contributed by atoms with Crippen molar-refractivity contribution in [2.24, 2.45) is 5.92 Å². The van der Waals surface area contributed by atoms with Gasteiger partial charge in [0.2, 0.25) is 0 Å². The SMILES string of the molecule is CCn1ccnc1CC(O)C1CCNCC1. The van der Waals surface area contributed by atoms with Crippen LogP contribution in [-0.4, -0.2) is 33.9 Å². The van der Waals surface area contributed by atoms with Gasteiger partial charge in [0.05, 0.1) is 6.10 Å². The lowest BCUT2D eigenvalue weighted by Crippen LogP contribution is -2.35. The second-order valence-corrected chi connectivity index (χ2v) is 4.49. The van der Waals surface area contributed by atoms with Crippen LogP contribution in [0.4, 0.5) is 0 Å². The minimum absolute atomic E-state index is 0.241. The van der Waals surface area contributed by atoms with E-state index >= 15 is 0 Å². The molecule has 1 saturated heterocycles. The molecule has 16 heavy (non-hydrogen) atoms. The predicted molar refractivity (Wildman–Crippen MR) is 63.2 cm³/mol. The molecule has 2 N–H and O–H groups in total. The molecule has 1 fully saturated rings. The average molecular weight is 223 g/mol. The number of nitrogens with zero attached hydrogens (tertiary/aromatic N) is 2. The summed E-state index contributed by atoms with van der Waals surface area (Å²) in [5.41, 5.74) is 0. The van der Waals surface area contributed by atoms with E-state index in [2.05, 4.69) is 21.8 Å². The van der Waals surface area contributed by atoms with Gasteiger partial charge in [0.15, 0.2) is 0 Å². The number of piperidine rings is 1. The Kier molecular flexibility index (Phi) is 3.96. The van der Waals surface area contributed by atoms with Gasteiger partial charge >= 0.3 is 0 Å². The number of aliphatic hydroxyl groups excluding tert-OH is 1. The summed E-state index contributed by atoms with van der Waals surface area (Å²) in [6.45, 7) is 5.09. The highest BCUT2D eigenvalue weighted by molar-refractivity contribution is 4.95. The van der Waals surface area contributed by atoms with Crippen molar-refractivity contribution in [1.29, 1.82) is 0 Å². The number of aryl methyl sites for hydroxylation is 1. The van der Waals surface area contributed by atoms with Gasteiger partial charge in [-0.25, -0.2) is 4.98 Å². The van der Waals surface area contributed by atoms with Gasteiger partial charge in [-0.3, -0.25) is 0 Å². The summed E-state index contributed by atoms with van der Waals surface area (Å²) >= 11 is 0. The minimum atomic E-state index is -0.241. The molecule has 2 heterocycles. The van der Waals surface area contributed by atoms with Gasteiger partial charge in [-0.05, 0) is 38.8 Å². The maximum Gasteiger partial charge on any atom is 0.111 e. The monoisotopic (exact) mass is 223 g/mol. The van der Waals surface area contributed by atoms with Crippen LogP contribution in [0, 0.1) is 5.92 Å². The van der Waals surface area contributed by atoms with Crippen LogP contribution in [0.15, 0.2) is 12.4 Å². The second-order valence-electron chi connectivity index (χ2n) is 4.49. The summed E-state index contributed by atoms with van der Waals surface area (Å²) in [6, 6.07) is 0. The first-order chi connectivity index (χ1) is 7.81. The minimum Gasteiger partial charge on any atom is -0.392 e. The molecule has 1 aromatic heterocycles. The molecule has 0 bridgehead atoms. The summed E-state index contributed by atoms with van der Waals surface area (Å²) in [5.74, 6) is 1.44. The van der Waals surface area contributed by atoms with Crippen molar-refractivity contribution in [1.82, 2.24) is 14.9 Å². The fraction of sp³-hybridized carbons (Fsp3) is 0.750. The molecule has 0 saturated carbocycles. The summed E-state index contributed by atoms with van der Waals surface area (Å²) in [7, 11) is 0. The lowest BCUT2D eigenvalue weighted by atomic mass is 9.90. The molecule has 1 unspecified atom stereocenters. The van der Waals surface area contributed by atoms with Crippen molar-refractivity contribution >= 4 is 0 Å². The van der Waals surface area contributed by atoms with Crippen molar-refractivity contribution in [2.75, 3.05) is 13.1 Å². The number of aromatic nitrogens is 2. The summed E-state index contributed by atoms with van der Waals surface area (Å²) in [6.07, 6.45) is 6.39. The van der Waals surface area contributed by atoms with Gasteiger partial charge in [-0.2, -0.15) is 0 Å². The molecule has 4 heteroatoms. The molecular formula is C12H21N3O. The maximum atomic E-state index is 10.2. The third kappa shape index (κ3) is 2.62. The van der Waals surface area contributed by atoms with Crippen molar-refractivity contribution < 1.29 is 5.11 Å². The van der Waals surface area contributed by atoms with Gasteiger partial charge in [0.25, 0.3) is 0 Å². The van der Waals surface area contributed by atoms with Gasteiger partial charge in [0.1, 0.15) is 5.82 Å².